The quantitative estimate of drug-likeness (QED) is 0.357. The predicted octanol–water partition coefficient (Wildman–Crippen LogP) is 5.21. The largest absolute Gasteiger partial charge is 0.416 e. The van der Waals surface area contributed by atoms with Crippen LogP contribution >= 0.6 is 0 Å². The molecule has 0 unspecified atom stereocenters. The summed E-state index contributed by atoms with van der Waals surface area (Å²) < 4.78 is 45.8. The number of nitrogens with zero attached hydrogens (tertiary/aromatic N) is 4. The summed E-state index contributed by atoms with van der Waals surface area (Å²) in [6.45, 7) is 8.03. The molecule has 0 atom stereocenters. The molecule has 0 spiro atoms. The summed E-state index contributed by atoms with van der Waals surface area (Å²) in [5.41, 5.74) is 2.06. The van der Waals surface area contributed by atoms with Gasteiger partial charge >= 0.3 is 6.18 Å². The first-order valence-electron chi connectivity index (χ1n) is 13.9. The van der Waals surface area contributed by atoms with Gasteiger partial charge in [-0.3, -0.25) is 19.2 Å². The average molecular weight is 557 g/mol. The molecule has 214 valence electrons. The number of piperidine rings is 1. The average Bonchev–Trinajstić information content (AvgIpc) is 3.33. The van der Waals surface area contributed by atoms with Crippen LogP contribution in [0.3, 0.4) is 0 Å². The maximum absolute atomic E-state index is 13.0. The Bertz CT molecular complexity index is 1340. The minimum absolute atomic E-state index is 0.158. The van der Waals surface area contributed by atoms with Crippen molar-refractivity contribution in [3.8, 4) is 0 Å². The molecule has 3 heterocycles. The third-order valence-corrected chi connectivity index (χ3v) is 7.99. The predicted molar refractivity (Wildman–Crippen MR) is 145 cm³/mol. The molecular weight excluding hydrogens is 521 g/mol. The van der Waals surface area contributed by atoms with E-state index in [0.29, 0.717) is 32.0 Å². The van der Waals surface area contributed by atoms with Gasteiger partial charge in [-0.05, 0) is 80.6 Å². The number of carbonyl (C=O) groups is 2. The normalized spacial score (nSPS) is 17.4. The van der Waals surface area contributed by atoms with Crippen molar-refractivity contribution < 1.29 is 27.5 Å². The molecule has 2 aromatic carbocycles. The fraction of sp³-hybridized carbons (Fsp3) is 0.500. The summed E-state index contributed by atoms with van der Waals surface area (Å²) in [6, 6.07) is 8.33. The Kier molecular flexibility index (Phi) is 8.56. The number of aryl methyl sites for hydroxylation is 1. The van der Waals surface area contributed by atoms with Crippen molar-refractivity contribution in [3.05, 3.63) is 64.8 Å². The molecule has 7 nitrogen and oxygen atoms in total. The van der Waals surface area contributed by atoms with Gasteiger partial charge in [-0.25, -0.2) is 0 Å². The first-order chi connectivity index (χ1) is 19.2. The topological polar surface area (TPSA) is 67.7 Å². The highest BCUT2D eigenvalue weighted by molar-refractivity contribution is 6.00. The van der Waals surface area contributed by atoms with Gasteiger partial charge in [0, 0.05) is 61.9 Å². The summed E-state index contributed by atoms with van der Waals surface area (Å²) in [7, 11) is 0. The van der Waals surface area contributed by atoms with Gasteiger partial charge in [-0.15, -0.1) is 0 Å². The van der Waals surface area contributed by atoms with Gasteiger partial charge in [0.2, 0.25) is 0 Å². The van der Waals surface area contributed by atoms with Gasteiger partial charge in [0.25, 0.3) is 5.91 Å². The van der Waals surface area contributed by atoms with E-state index in [-0.39, 0.29) is 17.3 Å². The second kappa shape index (κ2) is 12.1. The molecule has 1 aromatic heterocycles. The van der Waals surface area contributed by atoms with Gasteiger partial charge in [0.15, 0.2) is 5.78 Å². The van der Waals surface area contributed by atoms with Crippen LogP contribution in [0.15, 0.2) is 42.6 Å². The highest BCUT2D eigenvalue weighted by Gasteiger charge is 2.31. The van der Waals surface area contributed by atoms with Crippen LogP contribution in [-0.4, -0.2) is 77.2 Å². The zero-order chi connectivity index (χ0) is 28.3. The molecule has 0 N–H and O–H groups in total. The third kappa shape index (κ3) is 6.72. The first-order valence-corrected chi connectivity index (χ1v) is 13.9. The van der Waals surface area contributed by atoms with Gasteiger partial charge in [0.05, 0.1) is 24.3 Å². The minimum atomic E-state index is -4.42. The Hall–Kier alpha value is -3.24. The molecular formula is C30H35F3N4O3. The van der Waals surface area contributed by atoms with Crippen molar-refractivity contribution in [1.82, 2.24) is 19.6 Å². The Labute approximate surface area is 231 Å². The monoisotopic (exact) mass is 556 g/mol. The molecule has 0 saturated carbocycles. The molecule has 1 amide bonds. The number of fused-ring (bicyclic) bond motifs is 1. The molecule has 40 heavy (non-hydrogen) atoms. The minimum Gasteiger partial charge on any atom is -0.379 e. The standard InChI is InChI=1S/C30H35F3N4O3/c1-21-17-27-24(18-26(21)28(38)3-2-10-35-13-15-40-16-14-35)20-37(34-27)19-22-8-11-36(12-9-22)29(39)23-4-6-25(7-5-23)30(31,32)33/h4-7,17-18,20,22H,2-3,8-16,19H2,1H3. The second-order valence-electron chi connectivity index (χ2n) is 10.9. The number of amides is 1. The van der Waals surface area contributed by atoms with E-state index in [0.717, 1.165) is 86.3 Å². The van der Waals surface area contributed by atoms with Crippen molar-refractivity contribution in [3.63, 3.8) is 0 Å². The Morgan fingerprint density at radius 3 is 2.40 bits per heavy atom. The molecule has 0 bridgehead atoms. The molecule has 2 aliphatic heterocycles. The van der Waals surface area contributed by atoms with Gasteiger partial charge < -0.3 is 9.64 Å². The van der Waals surface area contributed by atoms with Gasteiger partial charge in [-0.1, -0.05) is 0 Å². The fourth-order valence-corrected chi connectivity index (χ4v) is 5.61. The smallest absolute Gasteiger partial charge is 0.379 e. The van der Waals surface area contributed by atoms with Crippen molar-refractivity contribution in [2.75, 3.05) is 45.9 Å². The molecule has 10 heteroatoms. The summed E-state index contributed by atoms with van der Waals surface area (Å²) in [5, 5.41) is 5.68. The first kappa shape index (κ1) is 28.3. The number of benzene rings is 2. The van der Waals surface area contributed by atoms with Crippen molar-refractivity contribution in [2.45, 2.75) is 45.3 Å². The van der Waals surface area contributed by atoms with E-state index in [9.17, 15) is 22.8 Å². The number of alkyl halides is 3. The number of carbonyl (C=O) groups excluding carboxylic acids is 2. The maximum atomic E-state index is 13.0. The molecule has 3 aromatic rings. The van der Waals surface area contributed by atoms with Crippen LogP contribution in [0.25, 0.3) is 10.9 Å². The van der Waals surface area contributed by atoms with Crippen molar-refractivity contribution in [2.24, 2.45) is 5.92 Å². The van der Waals surface area contributed by atoms with E-state index in [1.807, 2.05) is 29.9 Å². The number of likely N-dealkylation sites (tertiary alicyclic amines) is 1. The fourth-order valence-electron chi connectivity index (χ4n) is 5.61. The van der Waals surface area contributed by atoms with Crippen LogP contribution in [0.2, 0.25) is 0 Å². The van der Waals surface area contributed by atoms with Crippen molar-refractivity contribution in [1.29, 1.82) is 0 Å². The molecule has 5 rings (SSSR count). The van der Waals surface area contributed by atoms with Crippen LogP contribution in [-0.2, 0) is 17.5 Å². The number of aromatic nitrogens is 2. The summed E-state index contributed by atoms with van der Waals surface area (Å²) >= 11 is 0. The van der Waals surface area contributed by atoms with Crippen LogP contribution in [0, 0.1) is 12.8 Å². The number of ketones is 1. The van der Waals surface area contributed by atoms with Crippen LogP contribution in [0.1, 0.15) is 57.5 Å². The molecule has 2 saturated heterocycles. The molecule has 2 aliphatic rings. The van der Waals surface area contributed by atoms with E-state index in [2.05, 4.69) is 4.90 Å². The molecule has 0 radical (unpaired) electrons. The van der Waals surface area contributed by atoms with E-state index in [4.69, 9.17) is 9.84 Å². The van der Waals surface area contributed by atoms with Crippen LogP contribution in [0.4, 0.5) is 13.2 Å². The Morgan fingerprint density at radius 2 is 1.73 bits per heavy atom. The second-order valence-corrected chi connectivity index (χ2v) is 10.9. The van der Waals surface area contributed by atoms with E-state index in [1.165, 1.54) is 12.1 Å². The lowest BCUT2D eigenvalue weighted by Gasteiger charge is -2.32. The lowest BCUT2D eigenvalue weighted by molar-refractivity contribution is -0.137. The Morgan fingerprint density at radius 1 is 1.02 bits per heavy atom. The van der Waals surface area contributed by atoms with Gasteiger partial charge in [-0.2, -0.15) is 18.3 Å². The highest BCUT2D eigenvalue weighted by atomic mass is 19.4. The Balaban J connectivity index is 1.14. The van der Waals surface area contributed by atoms with Gasteiger partial charge in [0.1, 0.15) is 0 Å². The number of morpholine rings is 1. The maximum Gasteiger partial charge on any atom is 0.416 e. The number of rotatable bonds is 8. The lowest BCUT2D eigenvalue weighted by Crippen LogP contribution is -2.39. The number of hydrogen-bond acceptors (Lipinski definition) is 5. The van der Waals surface area contributed by atoms with Crippen LogP contribution < -0.4 is 0 Å². The molecule has 0 aliphatic carbocycles. The van der Waals surface area contributed by atoms with Crippen LogP contribution in [0.5, 0.6) is 0 Å². The van der Waals surface area contributed by atoms with E-state index in [1.54, 1.807) is 4.90 Å². The number of ether oxygens (including phenoxy) is 1. The van der Waals surface area contributed by atoms with E-state index >= 15 is 0 Å². The zero-order valence-electron chi connectivity index (χ0n) is 22.8. The summed E-state index contributed by atoms with van der Waals surface area (Å²) in [4.78, 5) is 29.8. The SMILES string of the molecule is Cc1cc2nn(CC3CCN(C(=O)c4ccc(C(F)(F)F)cc4)CC3)cc2cc1C(=O)CCCN1CCOCC1. The number of halogens is 3. The molecule has 2 fully saturated rings. The third-order valence-electron chi connectivity index (χ3n) is 7.99. The number of hydrogen-bond donors (Lipinski definition) is 0. The summed E-state index contributed by atoms with van der Waals surface area (Å²) in [5.74, 6) is 0.244. The lowest BCUT2D eigenvalue weighted by atomic mass is 9.96. The number of Topliss-reactive ketones (excluding diaryl/α,β-unsaturated/α-hetero) is 1. The highest BCUT2D eigenvalue weighted by Crippen LogP contribution is 2.30. The van der Waals surface area contributed by atoms with Crippen molar-refractivity contribution >= 4 is 22.6 Å². The summed E-state index contributed by atoms with van der Waals surface area (Å²) in [6.07, 6.45) is 0.482. The zero-order valence-corrected chi connectivity index (χ0v) is 22.8. The van der Waals surface area contributed by atoms with E-state index < -0.39 is 11.7 Å².